The van der Waals surface area contributed by atoms with Gasteiger partial charge in [-0.05, 0) is 36.2 Å². The van der Waals surface area contributed by atoms with E-state index in [1.165, 1.54) is 0 Å². The van der Waals surface area contributed by atoms with Gasteiger partial charge in [-0.15, -0.1) is 0 Å². The summed E-state index contributed by atoms with van der Waals surface area (Å²) in [6, 6.07) is 11.4. The molecule has 7 heteroatoms. The van der Waals surface area contributed by atoms with Crippen LogP contribution in [-0.4, -0.2) is 47.0 Å². The van der Waals surface area contributed by atoms with Crippen LogP contribution in [0.25, 0.3) is 11.1 Å². The van der Waals surface area contributed by atoms with E-state index in [1.54, 1.807) is 12.3 Å². The molecule has 0 aliphatic carbocycles. The maximum atomic E-state index is 12.5. The van der Waals surface area contributed by atoms with Gasteiger partial charge in [0.25, 0.3) is 0 Å². The number of hydrogen-bond acceptors (Lipinski definition) is 5. The molecule has 7 nitrogen and oxygen atoms in total. The molecule has 1 saturated heterocycles. The van der Waals surface area contributed by atoms with Crippen molar-refractivity contribution in [1.29, 1.82) is 0 Å². The number of piperazine rings is 1. The topological polar surface area (TPSA) is 82.4 Å². The highest BCUT2D eigenvalue weighted by Gasteiger charge is 2.21. The van der Waals surface area contributed by atoms with Crippen molar-refractivity contribution in [3.8, 4) is 0 Å². The third-order valence-electron chi connectivity index (χ3n) is 4.72. The maximum absolute atomic E-state index is 12.5. The number of aromatic amines is 1. The van der Waals surface area contributed by atoms with Gasteiger partial charge in [0.2, 0.25) is 5.91 Å². The number of anilines is 1. The van der Waals surface area contributed by atoms with E-state index in [1.807, 2.05) is 35.2 Å². The van der Waals surface area contributed by atoms with E-state index in [0.29, 0.717) is 37.0 Å². The van der Waals surface area contributed by atoms with Crippen LogP contribution in [0.4, 0.5) is 5.82 Å². The van der Waals surface area contributed by atoms with E-state index in [2.05, 4.69) is 14.9 Å². The van der Waals surface area contributed by atoms with Gasteiger partial charge in [-0.25, -0.2) is 9.78 Å². The Balaban J connectivity index is 1.31. The van der Waals surface area contributed by atoms with E-state index >= 15 is 0 Å². The van der Waals surface area contributed by atoms with Crippen LogP contribution in [0.2, 0.25) is 0 Å². The molecule has 1 amide bonds. The van der Waals surface area contributed by atoms with Crippen LogP contribution >= 0.6 is 0 Å². The number of fused-ring (bicyclic) bond motifs is 1. The number of nitrogens with zero attached hydrogens (tertiary/aromatic N) is 3. The number of oxazole rings is 1. The third kappa shape index (κ3) is 3.46. The molecule has 0 spiro atoms. The van der Waals surface area contributed by atoms with Gasteiger partial charge >= 0.3 is 5.76 Å². The van der Waals surface area contributed by atoms with Crippen molar-refractivity contribution in [2.45, 2.75) is 12.8 Å². The monoisotopic (exact) mass is 352 g/mol. The summed E-state index contributed by atoms with van der Waals surface area (Å²) in [6.07, 6.45) is 2.89. The Hall–Kier alpha value is -3.09. The molecule has 0 unspecified atom stereocenters. The molecule has 1 N–H and O–H groups in total. The van der Waals surface area contributed by atoms with Gasteiger partial charge in [0.1, 0.15) is 5.82 Å². The second-order valence-electron chi connectivity index (χ2n) is 6.40. The summed E-state index contributed by atoms with van der Waals surface area (Å²) in [4.78, 5) is 34.8. The molecule has 1 aliphatic rings. The van der Waals surface area contributed by atoms with Crippen LogP contribution < -0.4 is 10.7 Å². The predicted molar refractivity (Wildman–Crippen MR) is 98.2 cm³/mol. The Bertz CT molecular complexity index is 956. The van der Waals surface area contributed by atoms with Crippen molar-refractivity contribution in [2.24, 2.45) is 0 Å². The number of nitrogens with one attached hydrogen (secondary N) is 1. The summed E-state index contributed by atoms with van der Waals surface area (Å²) in [7, 11) is 0. The molecular weight excluding hydrogens is 332 g/mol. The Morgan fingerprint density at radius 1 is 1.15 bits per heavy atom. The van der Waals surface area contributed by atoms with Gasteiger partial charge < -0.3 is 14.2 Å². The molecule has 0 bridgehead atoms. The van der Waals surface area contributed by atoms with E-state index in [0.717, 1.165) is 24.5 Å². The van der Waals surface area contributed by atoms with E-state index in [-0.39, 0.29) is 5.91 Å². The third-order valence-corrected chi connectivity index (χ3v) is 4.72. The highest BCUT2D eigenvalue weighted by atomic mass is 16.4. The fraction of sp³-hybridized carbons (Fsp3) is 0.316. The van der Waals surface area contributed by atoms with Crippen LogP contribution in [0.15, 0.2) is 51.8 Å². The van der Waals surface area contributed by atoms with Crippen molar-refractivity contribution < 1.29 is 9.21 Å². The molecule has 1 fully saturated rings. The van der Waals surface area contributed by atoms with E-state index in [9.17, 15) is 9.59 Å². The minimum absolute atomic E-state index is 0.159. The number of benzene rings is 1. The van der Waals surface area contributed by atoms with Crippen molar-refractivity contribution in [3.05, 3.63) is 58.7 Å². The van der Waals surface area contributed by atoms with Crippen molar-refractivity contribution in [2.75, 3.05) is 31.1 Å². The average Bonchev–Trinajstić information content (AvgIpc) is 3.06. The molecule has 3 heterocycles. The molecule has 4 rings (SSSR count). The SMILES string of the molecule is O=C(CCc1ccc2oc(=O)[nH]c2c1)N1CCN(c2ccccn2)CC1. The van der Waals surface area contributed by atoms with Gasteiger partial charge in [-0.3, -0.25) is 9.78 Å². The molecule has 0 atom stereocenters. The Labute approximate surface area is 150 Å². The molecule has 2 aromatic heterocycles. The van der Waals surface area contributed by atoms with Crippen LogP contribution in [0.5, 0.6) is 0 Å². The van der Waals surface area contributed by atoms with E-state index < -0.39 is 5.76 Å². The number of hydrogen-bond donors (Lipinski definition) is 1. The number of rotatable bonds is 4. The minimum atomic E-state index is -0.459. The quantitative estimate of drug-likeness (QED) is 0.774. The summed E-state index contributed by atoms with van der Waals surface area (Å²) in [5.74, 6) is 0.660. The highest BCUT2D eigenvalue weighted by Crippen LogP contribution is 2.16. The lowest BCUT2D eigenvalue weighted by molar-refractivity contribution is -0.131. The summed E-state index contributed by atoms with van der Waals surface area (Å²) in [5, 5.41) is 0. The number of carbonyl (C=O) groups is 1. The van der Waals surface area contributed by atoms with Crippen LogP contribution in [-0.2, 0) is 11.2 Å². The summed E-state index contributed by atoms with van der Waals surface area (Å²) < 4.78 is 4.99. The summed E-state index contributed by atoms with van der Waals surface area (Å²) >= 11 is 0. The fourth-order valence-corrected chi connectivity index (χ4v) is 3.29. The van der Waals surface area contributed by atoms with Gasteiger partial charge in [0, 0.05) is 38.8 Å². The lowest BCUT2D eigenvalue weighted by Gasteiger charge is -2.35. The van der Waals surface area contributed by atoms with Crippen LogP contribution in [0, 0.1) is 0 Å². The molecular formula is C19H20N4O3. The second-order valence-corrected chi connectivity index (χ2v) is 6.40. The lowest BCUT2D eigenvalue weighted by Crippen LogP contribution is -2.49. The molecule has 0 radical (unpaired) electrons. The number of aryl methyl sites for hydroxylation is 1. The van der Waals surface area contributed by atoms with Crippen LogP contribution in [0.3, 0.4) is 0 Å². The van der Waals surface area contributed by atoms with Gasteiger partial charge in [-0.1, -0.05) is 12.1 Å². The second kappa shape index (κ2) is 7.03. The first-order valence-corrected chi connectivity index (χ1v) is 8.74. The number of H-pyrrole nitrogens is 1. The largest absolute Gasteiger partial charge is 0.417 e. The van der Waals surface area contributed by atoms with E-state index in [4.69, 9.17) is 4.42 Å². The fourth-order valence-electron chi connectivity index (χ4n) is 3.29. The number of aromatic nitrogens is 2. The minimum Gasteiger partial charge on any atom is -0.408 e. The van der Waals surface area contributed by atoms with Gasteiger partial charge in [-0.2, -0.15) is 0 Å². The Morgan fingerprint density at radius 3 is 2.77 bits per heavy atom. The molecule has 1 aliphatic heterocycles. The first-order chi connectivity index (χ1) is 12.7. The molecule has 3 aromatic rings. The first kappa shape index (κ1) is 16.4. The van der Waals surface area contributed by atoms with Crippen molar-refractivity contribution in [3.63, 3.8) is 0 Å². The number of pyridine rings is 1. The first-order valence-electron chi connectivity index (χ1n) is 8.74. The zero-order valence-electron chi connectivity index (χ0n) is 14.4. The average molecular weight is 352 g/mol. The summed E-state index contributed by atoms with van der Waals surface area (Å²) in [6.45, 7) is 3.02. The van der Waals surface area contributed by atoms with Gasteiger partial charge in [0.05, 0.1) is 5.52 Å². The lowest BCUT2D eigenvalue weighted by atomic mass is 10.1. The Morgan fingerprint density at radius 2 is 2.00 bits per heavy atom. The number of amides is 1. The predicted octanol–water partition coefficient (Wildman–Crippen LogP) is 1.80. The number of carbonyl (C=O) groups excluding carboxylic acids is 1. The summed E-state index contributed by atoms with van der Waals surface area (Å²) in [5.41, 5.74) is 2.22. The Kier molecular flexibility index (Phi) is 4.43. The van der Waals surface area contributed by atoms with Crippen molar-refractivity contribution in [1.82, 2.24) is 14.9 Å². The van der Waals surface area contributed by atoms with Gasteiger partial charge in [0.15, 0.2) is 5.58 Å². The standard InChI is InChI=1S/C19H20N4O3/c24-18(7-5-14-4-6-16-15(13-14)21-19(25)26-16)23-11-9-22(10-12-23)17-3-1-2-8-20-17/h1-4,6,8,13H,5,7,9-12H2,(H,21,25). The highest BCUT2D eigenvalue weighted by molar-refractivity contribution is 5.77. The zero-order chi connectivity index (χ0) is 17.9. The molecule has 134 valence electrons. The smallest absolute Gasteiger partial charge is 0.408 e. The molecule has 1 aromatic carbocycles. The molecule has 0 saturated carbocycles. The zero-order valence-corrected chi connectivity index (χ0v) is 14.4. The van der Waals surface area contributed by atoms with Crippen molar-refractivity contribution >= 4 is 22.8 Å². The maximum Gasteiger partial charge on any atom is 0.417 e. The van der Waals surface area contributed by atoms with Crippen LogP contribution in [0.1, 0.15) is 12.0 Å². The normalized spacial score (nSPS) is 14.8. The molecule has 26 heavy (non-hydrogen) atoms.